The van der Waals surface area contributed by atoms with Crippen molar-refractivity contribution >= 4 is 0 Å². The van der Waals surface area contributed by atoms with Gasteiger partial charge in [0.25, 0.3) is 5.56 Å². The van der Waals surface area contributed by atoms with Crippen LogP contribution in [-0.2, 0) is 0 Å². The van der Waals surface area contributed by atoms with E-state index < -0.39 is 23.6 Å². The van der Waals surface area contributed by atoms with Gasteiger partial charge in [0.05, 0.1) is 0 Å². The highest BCUT2D eigenvalue weighted by atomic mass is 19.4. The topological polar surface area (TPSA) is 62.3 Å². The molecule has 0 aliphatic rings. The minimum absolute atomic E-state index is 0.594. The lowest BCUT2D eigenvalue weighted by Gasteiger charge is -2.07. The second kappa shape index (κ2) is 3.00. The molecule has 0 aromatic carbocycles. The highest BCUT2D eigenvalue weighted by Crippen LogP contribution is 2.21. The number of H-pyrrole nitrogens is 1. The number of alkyl halides is 3. The predicted molar refractivity (Wildman–Crippen MR) is 35.4 cm³/mol. The van der Waals surface area contributed by atoms with Crippen LogP contribution in [0.15, 0.2) is 16.9 Å². The molecule has 0 spiro atoms. The molecule has 4 nitrogen and oxygen atoms in total. The summed E-state index contributed by atoms with van der Waals surface area (Å²) in [7, 11) is 0. The maximum atomic E-state index is 11.6. The first kappa shape index (κ1) is 9.43. The third-order valence-electron chi connectivity index (χ3n) is 1.03. The predicted octanol–water partition coefficient (Wildman–Crippen LogP) is 0.979. The number of halogens is 3. The second-order valence-electron chi connectivity index (χ2n) is 2.11. The Labute approximate surface area is 69.6 Å². The quantitative estimate of drug-likeness (QED) is 0.702. The fourth-order valence-corrected chi connectivity index (χ4v) is 0.684. The minimum atomic E-state index is -4.89. The molecule has 0 fully saturated rings. The van der Waals surface area contributed by atoms with Gasteiger partial charge in [0, 0.05) is 12.1 Å². The van der Waals surface area contributed by atoms with Gasteiger partial charge >= 0.3 is 6.36 Å². The highest BCUT2D eigenvalue weighted by Gasteiger charge is 2.31. The van der Waals surface area contributed by atoms with E-state index in [4.69, 9.17) is 5.11 Å². The Kier molecular flexibility index (Phi) is 2.18. The summed E-state index contributed by atoms with van der Waals surface area (Å²) in [6.45, 7) is 0. The molecule has 0 saturated heterocycles. The molecule has 0 aliphatic heterocycles. The summed E-state index contributed by atoms with van der Waals surface area (Å²) >= 11 is 0. The summed E-state index contributed by atoms with van der Waals surface area (Å²) in [5, 5.41) is 8.72. The maximum absolute atomic E-state index is 11.6. The van der Waals surface area contributed by atoms with Crippen LogP contribution >= 0.6 is 0 Å². The van der Waals surface area contributed by atoms with E-state index in [9.17, 15) is 18.0 Å². The standard InChI is InChI=1S/C6H4F3NO3/c7-6(8,9)13-5-2-3(11)1-4(12)10-5/h1-2H,(H2,10,11,12). The smallest absolute Gasteiger partial charge is 0.508 e. The Morgan fingerprint density at radius 2 is 2.00 bits per heavy atom. The van der Waals surface area contributed by atoms with Gasteiger partial charge in [-0.1, -0.05) is 0 Å². The van der Waals surface area contributed by atoms with E-state index in [1.54, 1.807) is 4.98 Å². The van der Waals surface area contributed by atoms with E-state index in [0.29, 0.717) is 6.07 Å². The number of rotatable bonds is 1. The number of aromatic amines is 1. The van der Waals surface area contributed by atoms with Gasteiger partial charge in [0.2, 0.25) is 5.88 Å². The van der Waals surface area contributed by atoms with Crippen LogP contribution in [0.1, 0.15) is 0 Å². The molecule has 1 aromatic heterocycles. The van der Waals surface area contributed by atoms with Crippen molar-refractivity contribution in [3.63, 3.8) is 0 Å². The molecule has 0 aliphatic carbocycles. The Morgan fingerprint density at radius 1 is 1.38 bits per heavy atom. The largest absolute Gasteiger partial charge is 0.574 e. The molecule has 0 radical (unpaired) electrons. The van der Waals surface area contributed by atoms with Gasteiger partial charge < -0.3 is 9.84 Å². The minimum Gasteiger partial charge on any atom is -0.508 e. The van der Waals surface area contributed by atoms with Crippen LogP contribution in [0.25, 0.3) is 0 Å². The summed E-state index contributed by atoms with van der Waals surface area (Å²) in [5.41, 5.74) is -0.876. The van der Waals surface area contributed by atoms with Crippen molar-refractivity contribution in [2.45, 2.75) is 6.36 Å². The fourth-order valence-electron chi connectivity index (χ4n) is 0.684. The van der Waals surface area contributed by atoms with Crippen LogP contribution in [0.4, 0.5) is 13.2 Å². The Balaban J connectivity index is 2.96. The molecule has 1 rings (SSSR count). The molecule has 0 amide bonds. The molecule has 7 heteroatoms. The van der Waals surface area contributed by atoms with Gasteiger partial charge in [0.15, 0.2) is 0 Å². The van der Waals surface area contributed by atoms with Crippen LogP contribution in [-0.4, -0.2) is 16.5 Å². The fraction of sp³-hybridized carbons (Fsp3) is 0.167. The first-order valence-electron chi connectivity index (χ1n) is 3.06. The first-order valence-corrected chi connectivity index (χ1v) is 3.06. The molecule has 0 saturated carbocycles. The number of hydrogen-bond acceptors (Lipinski definition) is 3. The molecular weight excluding hydrogens is 191 g/mol. The Bertz CT molecular complexity index is 357. The molecule has 0 unspecified atom stereocenters. The van der Waals surface area contributed by atoms with Crippen molar-refractivity contribution in [2.24, 2.45) is 0 Å². The van der Waals surface area contributed by atoms with E-state index in [1.807, 2.05) is 0 Å². The van der Waals surface area contributed by atoms with Crippen molar-refractivity contribution in [1.82, 2.24) is 4.98 Å². The van der Waals surface area contributed by atoms with Gasteiger partial charge in [-0.15, -0.1) is 13.2 Å². The third kappa shape index (κ3) is 3.06. The monoisotopic (exact) mass is 195 g/mol. The Hall–Kier alpha value is -1.66. The van der Waals surface area contributed by atoms with Crippen molar-refractivity contribution < 1.29 is 23.0 Å². The summed E-state index contributed by atoms with van der Waals surface area (Å²) in [5.74, 6) is -1.44. The van der Waals surface area contributed by atoms with E-state index in [0.717, 1.165) is 6.07 Å². The van der Waals surface area contributed by atoms with Crippen LogP contribution in [0.5, 0.6) is 11.6 Å². The lowest BCUT2D eigenvalue weighted by atomic mass is 10.4. The van der Waals surface area contributed by atoms with Gasteiger partial charge in [-0.05, 0) is 0 Å². The number of ether oxygens (including phenoxy) is 1. The Morgan fingerprint density at radius 3 is 2.46 bits per heavy atom. The van der Waals surface area contributed by atoms with Crippen LogP contribution in [0, 0.1) is 0 Å². The average Bonchev–Trinajstić information content (AvgIpc) is 1.78. The zero-order valence-electron chi connectivity index (χ0n) is 6.05. The van der Waals surface area contributed by atoms with Crippen LogP contribution < -0.4 is 10.3 Å². The van der Waals surface area contributed by atoms with Gasteiger partial charge in [-0.2, -0.15) is 0 Å². The maximum Gasteiger partial charge on any atom is 0.574 e. The summed E-state index contributed by atoms with van der Waals surface area (Å²) in [4.78, 5) is 12.3. The highest BCUT2D eigenvalue weighted by molar-refractivity contribution is 5.24. The van der Waals surface area contributed by atoms with Gasteiger partial charge in [-0.25, -0.2) is 0 Å². The zero-order valence-corrected chi connectivity index (χ0v) is 6.05. The summed E-state index contributed by atoms with van der Waals surface area (Å²) < 4.78 is 38.1. The van der Waals surface area contributed by atoms with Crippen molar-refractivity contribution in [3.05, 3.63) is 22.5 Å². The normalized spacial score (nSPS) is 11.3. The third-order valence-corrected chi connectivity index (χ3v) is 1.03. The molecule has 0 atom stereocenters. The number of hydrogen-bond donors (Lipinski definition) is 2. The lowest BCUT2D eigenvalue weighted by Crippen LogP contribution is -2.19. The van der Waals surface area contributed by atoms with Crippen molar-refractivity contribution in [3.8, 4) is 11.6 Å². The van der Waals surface area contributed by atoms with Crippen LogP contribution in [0.3, 0.4) is 0 Å². The number of aromatic nitrogens is 1. The number of pyridine rings is 1. The lowest BCUT2D eigenvalue weighted by molar-refractivity contribution is -0.276. The van der Waals surface area contributed by atoms with Crippen molar-refractivity contribution in [1.29, 1.82) is 0 Å². The van der Waals surface area contributed by atoms with Crippen molar-refractivity contribution in [2.75, 3.05) is 0 Å². The van der Waals surface area contributed by atoms with Gasteiger partial charge in [-0.3, -0.25) is 9.78 Å². The average molecular weight is 195 g/mol. The van der Waals surface area contributed by atoms with Gasteiger partial charge in [0.1, 0.15) is 5.75 Å². The first-order chi connectivity index (χ1) is 5.87. The zero-order chi connectivity index (χ0) is 10.1. The number of nitrogens with one attached hydrogen (secondary N) is 1. The van der Waals surface area contributed by atoms with E-state index in [1.165, 1.54) is 0 Å². The van der Waals surface area contributed by atoms with E-state index >= 15 is 0 Å². The van der Waals surface area contributed by atoms with E-state index in [-0.39, 0.29) is 0 Å². The number of aromatic hydroxyl groups is 1. The second-order valence-corrected chi connectivity index (χ2v) is 2.11. The molecule has 1 aromatic rings. The molecular formula is C6H4F3NO3. The van der Waals surface area contributed by atoms with Crippen LogP contribution in [0.2, 0.25) is 0 Å². The molecule has 2 N–H and O–H groups in total. The molecule has 0 bridgehead atoms. The molecule has 1 heterocycles. The summed E-state index contributed by atoms with van der Waals surface area (Å²) in [6.07, 6.45) is -4.89. The summed E-state index contributed by atoms with van der Waals surface area (Å²) in [6, 6.07) is 1.37. The van der Waals surface area contributed by atoms with E-state index in [2.05, 4.69) is 4.74 Å². The molecule has 72 valence electrons. The SMILES string of the molecule is O=c1cc(O)cc(OC(F)(F)F)[nH]1. The molecule has 13 heavy (non-hydrogen) atoms.